The topological polar surface area (TPSA) is 67.6 Å². The van der Waals surface area contributed by atoms with Crippen LogP contribution >= 0.6 is 11.3 Å². The van der Waals surface area contributed by atoms with Crippen molar-refractivity contribution in [2.75, 3.05) is 14.2 Å². The summed E-state index contributed by atoms with van der Waals surface area (Å²) in [6, 6.07) is 9.92. The largest absolute Gasteiger partial charge is 0.497 e. The van der Waals surface area contributed by atoms with Gasteiger partial charge in [0.15, 0.2) is 0 Å². The first kappa shape index (κ1) is 15.5. The molecule has 5 nitrogen and oxygen atoms in total. The van der Waals surface area contributed by atoms with Gasteiger partial charge in [0.2, 0.25) is 0 Å². The minimum atomic E-state index is -0.241. The molecule has 6 heteroatoms. The fourth-order valence-corrected chi connectivity index (χ4v) is 2.97. The predicted molar refractivity (Wildman–Crippen MR) is 84.1 cm³/mol. The molecule has 2 rings (SSSR count). The van der Waals surface area contributed by atoms with E-state index in [0.29, 0.717) is 11.4 Å². The number of hydrazine groups is 1. The Morgan fingerprint density at radius 2 is 2.19 bits per heavy atom. The highest BCUT2D eigenvalue weighted by molar-refractivity contribution is 7.12. The lowest BCUT2D eigenvalue weighted by molar-refractivity contribution is 0.0956. The Morgan fingerprint density at radius 3 is 2.90 bits per heavy atom. The van der Waals surface area contributed by atoms with Crippen molar-refractivity contribution in [3.8, 4) is 5.75 Å². The van der Waals surface area contributed by atoms with Gasteiger partial charge in [0, 0.05) is 13.1 Å². The highest BCUT2D eigenvalue weighted by Gasteiger charge is 2.13. The number of nitrogens with one attached hydrogen (secondary N) is 1. The molecule has 0 saturated heterocycles. The predicted octanol–water partition coefficient (Wildman–Crippen LogP) is 1.99. The molecule has 0 aliphatic rings. The van der Waals surface area contributed by atoms with E-state index in [4.69, 9.17) is 10.6 Å². The number of carbonyl (C=O) groups excluding carboxylic acids is 1. The van der Waals surface area contributed by atoms with Crippen LogP contribution in [0.5, 0.6) is 5.75 Å². The lowest BCUT2D eigenvalue weighted by Gasteiger charge is -2.17. The summed E-state index contributed by atoms with van der Waals surface area (Å²) in [6.45, 7) is 1.46. The average molecular weight is 305 g/mol. The van der Waals surface area contributed by atoms with Crippen LogP contribution < -0.4 is 16.0 Å². The number of methoxy groups -OCH3 is 1. The first-order valence-electron chi connectivity index (χ1n) is 6.53. The first-order valence-corrected chi connectivity index (χ1v) is 7.40. The second kappa shape index (κ2) is 7.21. The fraction of sp³-hybridized carbons (Fsp3) is 0.267. The molecule has 0 radical (unpaired) electrons. The second-order valence-electron chi connectivity index (χ2n) is 4.77. The van der Waals surface area contributed by atoms with Gasteiger partial charge in [0.1, 0.15) is 5.75 Å². The van der Waals surface area contributed by atoms with Crippen LogP contribution in [0.2, 0.25) is 0 Å². The third-order valence-electron chi connectivity index (χ3n) is 3.11. The summed E-state index contributed by atoms with van der Waals surface area (Å²) in [4.78, 5) is 14.5. The SMILES string of the molecule is COc1cccc(CN(C)Cc2ccsc2C(=O)NN)c1. The van der Waals surface area contributed by atoms with Gasteiger partial charge in [-0.2, -0.15) is 0 Å². The van der Waals surface area contributed by atoms with Gasteiger partial charge >= 0.3 is 0 Å². The zero-order valence-electron chi connectivity index (χ0n) is 12.1. The Hall–Kier alpha value is -1.89. The zero-order chi connectivity index (χ0) is 15.2. The van der Waals surface area contributed by atoms with E-state index in [-0.39, 0.29) is 5.91 Å². The van der Waals surface area contributed by atoms with Crippen molar-refractivity contribution in [3.05, 3.63) is 51.7 Å². The van der Waals surface area contributed by atoms with Gasteiger partial charge in [-0.25, -0.2) is 5.84 Å². The van der Waals surface area contributed by atoms with E-state index in [0.717, 1.165) is 23.4 Å². The lowest BCUT2D eigenvalue weighted by Crippen LogP contribution is -2.30. The molecule has 112 valence electrons. The molecule has 2 aromatic rings. The van der Waals surface area contributed by atoms with E-state index < -0.39 is 0 Å². The summed E-state index contributed by atoms with van der Waals surface area (Å²) in [5.41, 5.74) is 4.33. The van der Waals surface area contributed by atoms with Gasteiger partial charge in [-0.1, -0.05) is 12.1 Å². The Balaban J connectivity index is 2.03. The number of hydrogen-bond donors (Lipinski definition) is 2. The van der Waals surface area contributed by atoms with E-state index in [1.807, 2.05) is 36.7 Å². The Bertz CT molecular complexity index is 612. The Kier molecular flexibility index (Phi) is 5.32. The molecule has 0 aliphatic heterocycles. The summed E-state index contributed by atoms with van der Waals surface area (Å²) < 4.78 is 5.22. The molecular formula is C15H19N3O2S. The van der Waals surface area contributed by atoms with Crippen LogP contribution in [0.25, 0.3) is 0 Å². The van der Waals surface area contributed by atoms with Crippen molar-refractivity contribution in [1.82, 2.24) is 10.3 Å². The molecule has 0 saturated carbocycles. The maximum Gasteiger partial charge on any atom is 0.275 e. The van der Waals surface area contributed by atoms with E-state index in [1.165, 1.54) is 11.3 Å². The molecule has 1 aromatic heterocycles. The van der Waals surface area contributed by atoms with Crippen molar-refractivity contribution in [2.24, 2.45) is 5.84 Å². The molecule has 0 fully saturated rings. The van der Waals surface area contributed by atoms with Crippen LogP contribution in [0.3, 0.4) is 0 Å². The molecule has 1 heterocycles. The van der Waals surface area contributed by atoms with Crippen molar-refractivity contribution in [3.63, 3.8) is 0 Å². The van der Waals surface area contributed by atoms with E-state index in [2.05, 4.69) is 16.4 Å². The zero-order valence-corrected chi connectivity index (χ0v) is 12.9. The number of rotatable bonds is 6. The number of nitrogens with zero attached hydrogens (tertiary/aromatic N) is 1. The quantitative estimate of drug-likeness (QED) is 0.486. The summed E-state index contributed by atoms with van der Waals surface area (Å²) >= 11 is 1.40. The monoisotopic (exact) mass is 305 g/mol. The maximum absolute atomic E-state index is 11.7. The smallest absolute Gasteiger partial charge is 0.275 e. The number of nitrogen functional groups attached to an aromatic ring is 1. The van der Waals surface area contributed by atoms with Crippen LogP contribution in [0, 0.1) is 0 Å². The van der Waals surface area contributed by atoms with Crippen LogP contribution in [0.1, 0.15) is 20.8 Å². The number of thiophene rings is 1. The molecule has 0 atom stereocenters. The maximum atomic E-state index is 11.7. The van der Waals surface area contributed by atoms with Crippen LogP contribution in [-0.4, -0.2) is 25.0 Å². The van der Waals surface area contributed by atoms with Crippen molar-refractivity contribution >= 4 is 17.2 Å². The highest BCUT2D eigenvalue weighted by Crippen LogP contribution is 2.20. The third kappa shape index (κ3) is 4.04. The Morgan fingerprint density at radius 1 is 1.38 bits per heavy atom. The number of nitrogens with two attached hydrogens (primary N) is 1. The third-order valence-corrected chi connectivity index (χ3v) is 4.07. The average Bonchev–Trinajstić information content (AvgIpc) is 2.94. The first-order chi connectivity index (χ1) is 10.1. The number of benzene rings is 1. The molecule has 0 spiro atoms. The standard InChI is InChI=1S/C15H19N3O2S/c1-18(9-11-4-3-5-13(8-11)20-2)10-12-6-7-21-14(12)15(19)17-16/h3-8H,9-10,16H2,1-2H3,(H,17,19). The molecule has 0 bridgehead atoms. The molecule has 0 unspecified atom stereocenters. The summed E-state index contributed by atoms with van der Waals surface area (Å²) in [7, 11) is 3.67. The summed E-state index contributed by atoms with van der Waals surface area (Å²) in [5, 5.41) is 1.90. The lowest BCUT2D eigenvalue weighted by atomic mass is 10.2. The molecule has 1 amide bonds. The van der Waals surface area contributed by atoms with Gasteiger partial charge in [0.25, 0.3) is 5.91 Å². The molecular weight excluding hydrogens is 286 g/mol. The summed E-state index contributed by atoms with van der Waals surface area (Å²) in [5.74, 6) is 5.80. The molecule has 1 aromatic carbocycles. The van der Waals surface area contributed by atoms with Gasteiger partial charge in [0.05, 0.1) is 12.0 Å². The molecule has 3 N–H and O–H groups in total. The van der Waals surface area contributed by atoms with Crippen LogP contribution in [0.15, 0.2) is 35.7 Å². The van der Waals surface area contributed by atoms with Crippen molar-refractivity contribution < 1.29 is 9.53 Å². The molecule has 0 aliphatic carbocycles. The minimum absolute atomic E-state index is 0.241. The minimum Gasteiger partial charge on any atom is -0.497 e. The van der Waals surface area contributed by atoms with Crippen molar-refractivity contribution in [2.45, 2.75) is 13.1 Å². The number of carbonyl (C=O) groups is 1. The Labute approximate surface area is 128 Å². The number of hydrogen-bond acceptors (Lipinski definition) is 5. The normalized spacial score (nSPS) is 10.7. The van der Waals surface area contributed by atoms with E-state index >= 15 is 0 Å². The highest BCUT2D eigenvalue weighted by atomic mass is 32.1. The van der Waals surface area contributed by atoms with Crippen LogP contribution in [-0.2, 0) is 13.1 Å². The van der Waals surface area contributed by atoms with Crippen LogP contribution in [0.4, 0.5) is 0 Å². The van der Waals surface area contributed by atoms with Gasteiger partial charge in [-0.3, -0.25) is 15.1 Å². The summed E-state index contributed by atoms with van der Waals surface area (Å²) in [6.07, 6.45) is 0. The fourth-order valence-electron chi connectivity index (χ4n) is 2.15. The molecule has 21 heavy (non-hydrogen) atoms. The number of amides is 1. The van der Waals surface area contributed by atoms with Gasteiger partial charge in [-0.05, 0) is 41.8 Å². The second-order valence-corrected chi connectivity index (χ2v) is 5.69. The van der Waals surface area contributed by atoms with E-state index in [9.17, 15) is 4.79 Å². The van der Waals surface area contributed by atoms with E-state index in [1.54, 1.807) is 7.11 Å². The van der Waals surface area contributed by atoms with Gasteiger partial charge < -0.3 is 4.74 Å². The van der Waals surface area contributed by atoms with Crippen molar-refractivity contribution in [1.29, 1.82) is 0 Å². The number of ether oxygens (including phenoxy) is 1. The van der Waals surface area contributed by atoms with Gasteiger partial charge in [-0.15, -0.1) is 11.3 Å².